The molecule has 0 fully saturated rings. The van der Waals surface area contributed by atoms with Crippen molar-refractivity contribution in [3.63, 3.8) is 0 Å². The molecule has 0 spiro atoms. The van der Waals surface area contributed by atoms with Crippen molar-refractivity contribution in [1.29, 1.82) is 0 Å². The maximum absolute atomic E-state index is 12.7. The molecule has 3 N–H and O–H groups in total. The fraction of sp³-hybridized carbons (Fsp3) is 0.200. The Labute approximate surface area is 110 Å². The molecule has 0 aliphatic carbocycles. The highest BCUT2D eigenvalue weighted by Gasteiger charge is 2.33. The molecule has 20 heavy (non-hydrogen) atoms. The van der Waals surface area contributed by atoms with E-state index in [4.69, 9.17) is 0 Å². The number of hydrogen-bond donors (Lipinski definition) is 3. The Balaban J connectivity index is 2.01. The topological polar surface area (TPSA) is 95.6 Å². The van der Waals surface area contributed by atoms with Crippen LogP contribution in [-0.4, -0.2) is 26.7 Å². The van der Waals surface area contributed by atoms with Gasteiger partial charge < -0.3 is 10.6 Å². The van der Waals surface area contributed by atoms with Crippen molar-refractivity contribution < 1.29 is 18.0 Å². The largest absolute Gasteiger partial charge is 0.418 e. The van der Waals surface area contributed by atoms with Gasteiger partial charge in [-0.15, -0.1) is 10.2 Å². The van der Waals surface area contributed by atoms with Crippen LogP contribution < -0.4 is 10.6 Å². The summed E-state index contributed by atoms with van der Waals surface area (Å²) in [4.78, 5) is 11.5. The number of carbonyl (C=O) groups is 1. The Morgan fingerprint density at radius 1 is 1.30 bits per heavy atom. The average molecular weight is 286 g/mol. The molecule has 0 aliphatic heterocycles. The van der Waals surface area contributed by atoms with Crippen LogP contribution in [0.5, 0.6) is 0 Å². The van der Waals surface area contributed by atoms with E-state index in [1.165, 1.54) is 12.1 Å². The van der Waals surface area contributed by atoms with Crippen LogP contribution in [0.4, 0.5) is 23.7 Å². The number of nitrogens with one attached hydrogen (secondary N) is 3. The molecular formula is C10H9F3N6O. The van der Waals surface area contributed by atoms with E-state index in [0.29, 0.717) is 0 Å². The van der Waals surface area contributed by atoms with Gasteiger partial charge in [0.1, 0.15) is 0 Å². The molecule has 0 radical (unpaired) electrons. The van der Waals surface area contributed by atoms with Crippen molar-refractivity contribution in [2.24, 2.45) is 0 Å². The minimum absolute atomic E-state index is 0.0590. The van der Waals surface area contributed by atoms with E-state index >= 15 is 0 Å². The van der Waals surface area contributed by atoms with Gasteiger partial charge in [-0.3, -0.25) is 0 Å². The fourth-order valence-electron chi connectivity index (χ4n) is 1.42. The number of rotatable bonds is 3. The minimum Gasteiger partial charge on any atom is -0.330 e. The van der Waals surface area contributed by atoms with Crippen LogP contribution in [0.25, 0.3) is 0 Å². The molecular weight excluding hydrogens is 277 g/mol. The maximum Gasteiger partial charge on any atom is 0.418 e. The van der Waals surface area contributed by atoms with Gasteiger partial charge in [-0.25, -0.2) is 4.79 Å². The number of hydrogen-bond acceptors (Lipinski definition) is 4. The summed E-state index contributed by atoms with van der Waals surface area (Å²) in [6.45, 7) is -0.0590. The number of anilines is 1. The lowest BCUT2D eigenvalue weighted by molar-refractivity contribution is -0.136. The molecule has 2 rings (SSSR count). The summed E-state index contributed by atoms with van der Waals surface area (Å²) in [5.74, 6) is 0.212. The van der Waals surface area contributed by atoms with Crippen LogP contribution in [0.2, 0.25) is 0 Å². The molecule has 10 heteroatoms. The molecule has 106 valence electrons. The summed E-state index contributed by atoms with van der Waals surface area (Å²) in [6.07, 6.45) is -4.54. The summed E-state index contributed by atoms with van der Waals surface area (Å²) in [5.41, 5.74) is -1.25. The summed E-state index contributed by atoms with van der Waals surface area (Å²) in [7, 11) is 0. The predicted octanol–water partition coefficient (Wildman–Crippen LogP) is 1.54. The first-order chi connectivity index (χ1) is 9.47. The van der Waals surface area contributed by atoms with Crippen molar-refractivity contribution in [2.45, 2.75) is 12.7 Å². The number of amides is 2. The van der Waals surface area contributed by atoms with E-state index in [1.54, 1.807) is 0 Å². The number of tetrazole rings is 1. The number of aromatic amines is 1. The monoisotopic (exact) mass is 286 g/mol. The number of urea groups is 1. The van der Waals surface area contributed by atoms with Crippen LogP contribution in [0.1, 0.15) is 11.4 Å². The number of aromatic nitrogens is 4. The van der Waals surface area contributed by atoms with E-state index in [2.05, 4.69) is 31.3 Å². The van der Waals surface area contributed by atoms with Crippen molar-refractivity contribution in [3.05, 3.63) is 35.7 Å². The van der Waals surface area contributed by atoms with Gasteiger partial charge in [0.15, 0.2) is 5.82 Å². The molecule has 1 aromatic heterocycles. The molecule has 1 heterocycles. The van der Waals surface area contributed by atoms with E-state index < -0.39 is 17.8 Å². The molecule has 0 unspecified atom stereocenters. The third-order valence-corrected chi connectivity index (χ3v) is 2.28. The van der Waals surface area contributed by atoms with E-state index in [1.807, 2.05) is 0 Å². The summed E-state index contributed by atoms with van der Waals surface area (Å²) < 4.78 is 38.1. The first-order valence-electron chi connectivity index (χ1n) is 5.40. The smallest absolute Gasteiger partial charge is 0.330 e. The Morgan fingerprint density at radius 3 is 2.70 bits per heavy atom. The molecule has 0 saturated carbocycles. The molecule has 1 aromatic carbocycles. The number of benzene rings is 1. The Morgan fingerprint density at radius 2 is 2.05 bits per heavy atom. The van der Waals surface area contributed by atoms with Gasteiger partial charge in [0.05, 0.1) is 17.8 Å². The van der Waals surface area contributed by atoms with Gasteiger partial charge in [-0.05, 0) is 12.1 Å². The zero-order valence-electron chi connectivity index (χ0n) is 9.90. The minimum atomic E-state index is -4.54. The predicted molar refractivity (Wildman–Crippen MR) is 61.5 cm³/mol. The third-order valence-electron chi connectivity index (χ3n) is 2.28. The van der Waals surface area contributed by atoms with Crippen LogP contribution in [0, 0.1) is 0 Å². The van der Waals surface area contributed by atoms with Gasteiger partial charge in [0, 0.05) is 0 Å². The maximum atomic E-state index is 12.7. The van der Waals surface area contributed by atoms with Crippen LogP contribution in [0.3, 0.4) is 0 Å². The average Bonchev–Trinajstić information content (AvgIpc) is 2.89. The van der Waals surface area contributed by atoms with Crippen molar-refractivity contribution in [3.8, 4) is 0 Å². The second kappa shape index (κ2) is 5.55. The standard InChI is InChI=1S/C10H9F3N6O/c11-10(12,13)6-3-1-2-4-7(6)15-9(20)14-5-8-16-18-19-17-8/h1-4H,5H2,(H2,14,15,20)(H,16,17,18,19). The van der Waals surface area contributed by atoms with Gasteiger partial charge in [-0.1, -0.05) is 17.3 Å². The Bertz CT molecular complexity index is 583. The highest BCUT2D eigenvalue weighted by molar-refractivity contribution is 5.90. The van der Waals surface area contributed by atoms with Crippen LogP contribution in [-0.2, 0) is 12.7 Å². The SMILES string of the molecule is O=C(NCc1nn[nH]n1)Nc1ccccc1C(F)(F)F. The highest BCUT2D eigenvalue weighted by Crippen LogP contribution is 2.34. The second-order valence-electron chi connectivity index (χ2n) is 3.68. The summed E-state index contributed by atoms with van der Waals surface area (Å²) in [5, 5.41) is 17.1. The summed E-state index contributed by atoms with van der Waals surface area (Å²) in [6, 6.07) is 3.88. The number of alkyl halides is 3. The molecule has 0 atom stereocenters. The molecule has 0 saturated heterocycles. The molecule has 2 amide bonds. The molecule has 0 bridgehead atoms. The quantitative estimate of drug-likeness (QED) is 0.797. The number of halogens is 3. The van der Waals surface area contributed by atoms with Gasteiger partial charge >= 0.3 is 12.2 Å². The van der Waals surface area contributed by atoms with Crippen LogP contribution >= 0.6 is 0 Å². The lowest BCUT2D eigenvalue weighted by Crippen LogP contribution is -2.29. The highest BCUT2D eigenvalue weighted by atomic mass is 19.4. The Hall–Kier alpha value is -2.65. The Kier molecular flexibility index (Phi) is 3.82. The first-order valence-corrected chi connectivity index (χ1v) is 5.40. The first kappa shape index (κ1) is 13.8. The van der Waals surface area contributed by atoms with Crippen molar-refractivity contribution in [1.82, 2.24) is 25.9 Å². The number of para-hydroxylation sites is 1. The van der Waals surface area contributed by atoms with Crippen LogP contribution in [0.15, 0.2) is 24.3 Å². The fourth-order valence-corrected chi connectivity index (χ4v) is 1.42. The number of nitrogens with zero attached hydrogens (tertiary/aromatic N) is 3. The van der Waals surface area contributed by atoms with Gasteiger partial charge in [0.2, 0.25) is 0 Å². The molecule has 0 aliphatic rings. The number of carbonyl (C=O) groups excluding carboxylic acids is 1. The summed E-state index contributed by atoms with van der Waals surface area (Å²) >= 11 is 0. The zero-order chi connectivity index (χ0) is 14.6. The van der Waals surface area contributed by atoms with E-state index in [-0.39, 0.29) is 18.1 Å². The lowest BCUT2D eigenvalue weighted by atomic mass is 10.1. The van der Waals surface area contributed by atoms with Gasteiger partial charge in [-0.2, -0.15) is 18.4 Å². The molecule has 2 aromatic rings. The van der Waals surface area contributed by atoms with E-state index in [0.717, 1.165) is 12.1 Å². The van der Waals surface area contributed by atoms with E-state index in [9.17, 15) is 18.0 Å². The number of H-pyrrole nitrogens is 1. The zero-order valence-corrected chi connectivity index (χ0v) is 9.90. The van der Waals surface area contributed by atoms with Crippen molar-refractivity contribution in [2.75, 3.05) is 5.32 Å². The molecule has 7 nitrogen and oxygen atoms in total. The normalized spacial score (nSPS) is 11.2. The lowest BCUT2D eigenvalue weighted by Gasteiger charge is -2.13. The van der Waals surface area contributed by atoms with Crippen molar-refractivity contribution >= 4 is 11.7 Å². The second-order valence-corrected chi connectivity index (χ2v) is 3.68. The third kappa shape index (κ3) is 3.43. The van der Waals surface area contributed by atoms with Gasteiger partial charge in [0.25, 0.3) is 0 Å².